The molecule has 0 saturated carbocycles. The lowest BCUT2D eigenvalue weighted by Gasteiger charge is -2.27. The number of hydrogen-bond acceptors (Lipinski definition) is 5. The van der Waals surface area contributed by atoms with E-state index in [-0.39, 0.29) is 11.4 Å². The molecule has 0 heterocycles. The maximum atomic E-state index is 12.0. The van der Waals surface area contributed by atoms with Gasteiger partial charge in [-0.3, -0.25) is 0 Å². The van der Waals surface area contributed by atoms with Gasteiger partial charge in [-0.15, -0.1) is 4.28 Å². The number of rotatable bonds is 11. The van der Waals surface area contributed by atoms with Crippen LogP contribution in [0.15, 0.2) is 108 Å². The molecule has 0 aromatic heterocycles. The van der Waals surface area contributed by atoms with Gasteiger partial charge >= 0.3 is 0 Å². The van der Waals surface area contributed by atoms with Crippen LogP contribution in [0.5, 0.6) is 5.75 Å². The monoisotopic (exact) mass is 613 g/mol. The molecule has 1 atom stereocenters. The van der Waals surface area contributed by atoms with E-state index in [4.69, 9.17) is 14.0 Å². The molecule has 0 saturated heterocycles. The lowest BCUT2D eigenvalue weighted by molar-refractivity contribution is 0.268. The molecular weight excluding hydrogens is 570 g/mol. The third kappa shape index (κ3) is 9.69. The zero-order valence-electron chi connectivity index (χ0n) is 26.4. The van der Waals surface area contributed by atoms with Crippen LogP contribution in [0, 0.1) is 0 Å². The van der Waals surface area contributed by atoms with Gasteiger partial charge in [0, 0.05) is 5.69 Å². The first-order chi connectivity index (χ1) is 20.9. The summed E-state index contributed by atoms with van der Waals surface area (Å²) < 4.78 is 35.1. The average molecular weight is 614 g/mol. The minimum Gasteiger partial charge on any atom is -0.489 e. The summed E-state index contributed by atoms with van der Waals surface area (Å²) in [6.07, 6.45) is 2.03. The minimum atomic E-state index is -3.82. The molecule has 0 aliphatic heterocycles. The van der Waals surface area contributed by atoms with Crippen molar-refractivity contribution in [3.63, 3.8) is 0 Å². The van der Waals surface area contributed by atoms with E-state index >= 15 is 0 Å². The van der Waals surface area contributed by atoms with Crippen LogP contribution in [0.3, 0.4) is 0 Å². The molecule has 0 spiro atoms. The number of anilines is 1. The fraction of sp³-hybridized carbons (Fsp3) is 0.306. The summed E-state index contributed by atoms with van der Waals surface area (Å²) in [7, 11) is -3.82. The molecule has 232 valence electrons. The van der Waals surface area contributed by atoms with Gasteiger partial charge in [0.15, 0.2) is 0 Å². The molecule has 1 N–H and O–H groups in total. The number of hydrogen-bond donors (Lipinski definition) is 1. The Hall–Kier alpha value is -4.14. The van der Waals surface area contributed by atoms with E-state index in [1.54, 1.807) is 0 Å². The van der Waals surface area contributed by atoms with Crippen molar-refractivity contribution in [1.82, 2.24) is 5.48 Å². The highest BCUT2D eigenvalue weighted by molar-refractivity contribution is 7.85. The molecule has 0 radical (unpaired) electrons. The van der Waals surface area contributed by atoms with Gasteiger partial charge in [-0.05, 0) is 76.4 Å². The topological polar surface area (TPSA) is 80.2 Å². The third-order valence-electron chi connectivity index (χ3n) is 7.41. The zero-order chi connectivity index (χ0) is 31.7. The number of guanidine groups is 1. The Morgan fingerprint density at radius 3 is 2.07 bits per heavy atom. The van der Waals surface area contributed by atoms with Gasteiger partial charge in [-0.2, -0.15) is 8.42 Å². The van der Waals surface area contributed by atoms with Crippen LogP contribution in [0.4, 0.5) is 11.4 Å². The van der Waals surface area contributed by atoms with Gasteiger partial charge in [-0.25, -0.2) is 10.5 Å². The van der Waals surface area contributed by atoms with Gasteiger partial charge < -0.3 is 9.64 Å². The molecule has 4 aromatic rings. The summed E-state index contributed by atoms with van der Waals surface area (Å²) in [5, 5.41) is 0. The van der Waals surface area contributed by atoms with E-state index in [0.717, 1.165) is 29.5 Å². The Morgan fingerprint density at radius 1 is 0.864 bits per heavy atom. The van der Waals surface area contributed by atoms with Gasteiger partial charge in [-0.1, -0.05) is 101 Å². The highest BCUT2D eigenvalue weighted by atomic mass is 32.2. The number of ether oxygens (including phenoxy) is 1. The maximum Gasteiger partial charge on any atom is 0.285 e. The van der Waals surface area contributed by atoms with Crippen LogP contribution >= 0.6 is 0 Å². The van der Waals surface area contributed by atoms with Crippen LogP contribution in [0.2, 0.25) is 0 Å². The molecule has 0 bridgehead atoms. The van der Waals surface area contributed by atoms with E-state index < -0.39 is 10.1 Å². The van der Waals surface area contributed by atoms with Gasteiger partial charge in [0.05, 0.1) is 18.5 Å². The summed E-state index contributed by atoms with van der Waals surface area (Å²) in [5.74, 6) is 1.35. The van der Waals surface area contributed by atoms with Crippen LogP contribution in [-0.4, -0.2) is 20.6 Å². The van der Waals surface area contributed by atoms with Crippen LogP contribution in [0.25, 0.3) is 0 Å². The number of nitrogens with one attached hydrogen (secondary N) is 1. The molecular formula is C36H43N3O4S. The number of hydroxylamine groups is 1. The van der Waals surface area contributed by atoms with Crippen molar-refractivity contribution in [2.45, 2.75) is 65.5 Å². The lowest BCUT2D eigenvalue weighted by Crippen LogP contribution is -2.42. The summed E-state index contributed by atoms with van der Waals surface area (Å²) in [4.78, 5) is 6.73. The summed E-state index contributed by atoms with van der Waals surface area (Å²) >= 11 is 0. The summed E-state index contributed by atoms with van der Waals surface area (Å²) in [6, 6.07) is 34.0. The Kier molecular flexibility index (Phi) is 10.8. The number of aliphatic imine (C=N–C) groups is 1. The summed E-state index contributed by atoms with van der Waals surface area (Å²) in [6.45, 7) is 11.8. The first-order valence-electron chi connectivity index (χ1n) is 14.9. The van der Waals surface area contributed by atoms with E-state index in [0.29, 0.717) is 30.5 Å². The summed E-state index contributed by atoms with van der Waals surface area (Å²) in [5.41, 5.74) is 8.65. The number of benzene rings is 4. The van der Waals surface area contributed by atoms with Crippen molar-refractivity contribution in [3.05, 3.63) is 125 Å². The molecule has 0 aliphatic rings. The highest BCUT2D eigenvalue weighted by Crippen LogP contribution is 2.27. The highest BCUT2D eigenvalue weighted by Gasteiger charge is 2.19. The Bertz CT molecular complexity index is 1610. The Labute approximate surface area is 262 Å². The normalized spacial score (nSPS) is 12.9. The molecule has 4 rings (SSSR count). The standard InChI is InChI=1S/C36H43N3O4S/c1-7-27(2)30-15-21-33(22-16-30)39(25-28-13-17-31(18-14-28)36(3,4)5)35(38-43-44(6,40)41)37-32-19-23-34(24-20-32)42-26-29-11-9-8-10-12-29/h8-24,27H,7,25-26H2,1-6H3,(H,37,38). The van der Waals surface area contributed by atoms with E-state index in [1.807, 2.05) is 71.6 Å². The number of nitrogens with zero attached hydrogens (tertiary/aromatic N) is 2. The van der Waals surface area contributed by atoms with Crippen molar-refractivity contribution in [2.75, 3.05) is 11.2 Å². The van der Waals surface area contributed by atoms with E-state index in [9.17, 15) is 8.42 Å². The maximum absolute atomic E-state index is 12.0. The smallest absolute Gasteiger partial charge is 0.285 e. The largest absolute Gasteiger partial charge is 0.489 e. The van der Waals surface area contributed by atoms with Crippen molar-refractivity contribution < 1.29 is 17.4 Å². The van der Waals surface area contributed by atoms with Gasteiger partial charge in [0.1, 0.15) is 12.4 Å². The van der Waals surface area contributed by atoms with Crippen molar-refractivity contribution in [3.8, 4) is 5.75 Å². The van der Waals surface area contributed by atoms with Crippen LogP contribution < -0.4 is 15.1 Å². The van der Waals surface area contributed by atoms with E-state index in [1.165, 1.54) is 11.1 Å². The van der Waals surface area contributed by atoms with Crippen LogP contribution in [-0.2, 0) is 33.0 Å². The predicted octanol–water partition coefficient (Wildman–Crippen LogP) is 8.25. The fourth-order valence-corrected chi connectivity index (χ4v) is 4.76. The zero-order valence-corrected chi connectivity index (χ0v) is 27.3. The average Bonchev–Trinajstić information content (AvgIpc) is 3.01. The Morgan fingerprint density at radius 2 is 1.50 bits per heavy atom. The van der Waals surface area contributed by atoms with Gasteiger partial charge in [0.25, 0.3) is 10.1 Å². The second kappa shape index (κ2) is 14.6. The second-order valence-electron chi connectivity index (χ2n) is 12.0. The first kappa shape index (κ1) is 32.8. The molecule has 1 unspecified atom stereocenters. The third-order valence-corrected chi connectivity index (χ3v) is 7.79. The van der Waals surface area contributed by atoms with Crippen molar-refractivity contribution in [2.24, 2.45) is 4.99 Å². The Balaban J connectivity index is 1.69. The SMILES string of the molecule is CCC(C)c1ccc(N(Cc2ccc(C(C)(C)C)cc2)C(=Nc2ccc(OCc3ccccc3)cc2)NOS(C)(=O)=O)cc1. The van der Waals surface area contributed by atoms with Crippen molar-refractivity contribution in [1.29, 1.82) is 0 Å². The molecule has 0 amide bonds. The molecule has 4 aromatic carbocycles. The van der Waals surface area contributed by atoms with Crippen molar-refractivity contribution >= 4 is 27.5 Å². The molecule has 0 fully saturated rings. The van der Waals surface area contributed by atoms with Crippen LogP contribution in [0.1, 0.15) is 69.2 Å². The quantitative estimate of drug-likeness (QED) is 0.104. The molecule has 8 heteroatoms. The fourth-order valence-electron chi connectivity index (χ4n) is 4.53. The second-order valence-corrected chi connectivity index (χ2v) is 13.6. The molecule has 7 nitrogen and oxygen atoms in total. The molecule has 44 heavy (non-hydrogen) atoms. The molecule has 0 aliphatic carbocycles. The minimum absolute atomic E-state index is 0.0263. The van der Waals surface area contributed by atoms with E-state index in [2.05, 4.69) is 76.5 Å². The predicted molar refractivity (Wildman–Crippen MR) is 180 cm³/mol. The first-order valence-corrected chi connectivity index (χ1v) is 16.7. The lowest BCUT2D eigenvalue weighted by atomic mass is 9.87. The van der Waals surface area contributed by atoms with Gasteiger partial charge in [0.2, 0.25) is 5.96 Å².